The van der Waals surface area contributed by atoms with Crippen molar-refractivity contribution in [1.29, 1.82) is 0 Å². The zero-order valence-corrected chi connectivity index (χ0v) is 14.0. The number of thioether (sulfide) groups is 1. The molecule has 1 aromatic carbocycles. The van der Waals surface area contributed by atoms with Gasteiger partial charge in [-0.05, 0) is 62.4 Å². The monoisotopic (exact) mass is 295 g/mol. The van der Waals surface area contributed by atoms with Crippen LogP contribution in [0.3, 0.4) is 0 Å². The van der Waals surface area contributed by atoms with Crippen LogP contribution >= 0.6 is 11.8 Å². The molecule has 114 valence electrons. The van der Waals surface area contributed by atoms with Crippen molar-refractivity contribution >= 4 is 11.8 Å². The van der Waals surface area contributed by atoms with Gasteiger partial charge < -0.3 is 10.1 Å². The van der Waals surface area contributed by atoms with E-state index >= 15 is 0 Å². The maximum Gasteiger partial charge on any atom is 0.119 e. The van der Waals surface area contributed by atoms with Gasteiger partial charge in [0.1, 0.15) is 5.75 Å². The van der Waals surface area contributed by atoms with Gasteiger partial charge in [0.05, 0.1) is 6.61 Å². The largest absolute Gasteiger partial charge is 0.494 e. The molecule has 0 aromatic heterocycles. The Labute approximate surface area is 128 Å². The molecule has 0 amide bonds. The number of rotatable bonds is 11. The normalized spacial score (nSPS) is 12.3. The summed E-state index contributed by atoms with van der Waals surface area (Å²) in [5.74, 6) is 2.26. The molecule has 1 aromatic rings. The third-order valence-corrected chi connectivity index (χ3v) is 4.03. The van der Waals surface area contributed by atoms with Crippen LogP contribution in [0.5, 0.6) is 5.75 Å². The Bertz CT molecular complexity index is 339. The zero-order valence-electron chi connectivity index (χ0n) is 13.2. The van der Waals surface area contributed by atoms with E-state index < -0.39 is 0 Å². The highest BCUT2D eigenvalue weighted by Crippen LogP contribution is 2.17. The standard InChI is InChI=1S/C17H29NOS/c1-4-13-19-17-10-8-16(9-11-17)15(2)18-12-6-5-7-14-20-3/h8-11,15,18H,4-7,12-14H2,1-3H3. The van der Waals surface area contributed by atoms with Crippen molar-refractivity contribution in [2.75, 3.05) is 25.2 Å². The number of nitrogens with one attached hydrogen (secondary N) is 1. The van der Waals surface area contributed by atoms with E-state index in [1.165, 1.54) is 30.6 Å². The van der Waals surface area contributed by atoms with Crippen molar-refractivity contribution in [2.24, 2.45) is 0 Å². The van der Waals surface area contributed by atoms with Crippen LogP contribution in [0.1, 0.15) is 51.1 Å². The van der Waals surface area contributed by atoms with Gasteiger partial charge in [-0.3, -0.25) is 0 Å². The van der Waals surface area contributed by atoms with E-state index in [2.05, 4.69) is 49.7 Å². The predicted molar refractivity (Wildman–Crippen MR) is 90.9 cm³/mol. The Hall–Kier alpha value is -0.670. The van der Waals surface area contributed by atoms with Gasteiger partial charge in [0.2, 0.25) is 0 Å². The Morgan fingerprint density at radius 1 is 1.15 bits per heavy atom. The van der Waals surface area contributed by atoms with E-state index in [1.54, 1.807) is 0 Å². The average Bonchev–Trinajstić information content (AvgIpc) is 2.49. The van der Waals surface area contributed by atoms with Gasteiger partial charge in [0.15, 0.2) is 0 Å². The minimum atomic E-state index is 0.413. The van der Waals surface area contributed by atoms with Crippen LogP contribution in [0, 0.1) is 0 Å². The summed E-state index contributed by atoms with van der Waals surface area (Å²) in [7, 11) is 0. The van der Waals surface area contributed by atoms with Crippen LogP contribution in [-0.4, -0.2) is 25.2 Å². The smallest absolute Gasteiger partial charge is 0.119 e. The van der Waals surface area contributed by atoms with Crippen molar-refractivity contribution in [1.82, 2.24) is 5.32 Å². The summed E-state index contributed by atoms with van der Waals surface area (Å²) < 4.78 is 5.60. The summed E-state index contributed by atoms with van der Waals surface area (Å²) in [6, 6.07) is 8.88. The molecular formula is C17H29NOS. The lowest BCUT2D eigenvalue weighted by Crippen LogP contribution is -2.19. The average molecular weight is 295 g/mol. The molecule has 0 fully saturated rings. The van der Waals surface area contributed by atoms with Gasteiger partial charge >= 0.3 is 0 Å². The number of ether oxygens (including phenoxy) is 1. The van der Waals surface area contributed by atoms with Gasteiger partial charge in [0.25, 0.3) is 0 Å². The van der Waals surface area contributed by atoms with Crippen LogP contribution in [0.15, 0.2) is 24.3 Å². The van der Waals surface area contributed by atoms with E-state index in [0.717, 1.165) is 25.3 Å². The quantitative estimate of drug-likeness (QED) is 0.600. The Morgan fingerprint density at radius 3 is 2.55 bits per heavy atom. The summed E-state index contributed by atoms with van der Waals surface area (Å²) in [6.45, 7) is 6.25. The van der Waals surface area contributed by atoms with Crippen molar-refractivity contribution < 1.29 is 4.74 Å². The van der Waals surface area contributed by atoms with E-state index in [4.69, 9.17) is 4.74 Å². The Kier molecular flexibility index (Phi) is 9.60. The number of benzene rings is 1. The highest BCUT2D eigenvalue weighted by molar-refractivity contribution is 7.98. The third kappa shape index (κ3) is 7.20. The summed E-state index contributed by atoms with van der Waals surface area (Å²) in [5, 5.41) is 3.59. The molecule has 1 atom stereocenters. The van der Waals surface area contributed by atoms with Crippen LogP contribution in [0.25, 0.3) is 0 Å². The molecule has 0 heterocycles. The number of unbranched alkanes of at least 4 members (excludes halogenated alkanes) is 2. The Balaban J connectivity index is 2.23. The van der Waals surface area contributed by atoms with Crippen LogP contribution < -0.4 is 10.1 Å². The molecule has 0 aliphatic rings. The zero-order chi connectivity index (χ0) is 14.6. The number of hydrogen-bond acceptors (Lipinski definition) is 3. The van der Waals surface area contributed by atoms with Gasteiger partial charge in [-0.2, -0.15) is 11.8 Å². The molecule has 0 aliphatic carbocycles. The molecule has 3 heteroatoms. The minimum absolute atomic E-state index is 0.413. The van der Waals surface area contributed by atoms with Crippen molar-refractivity contribution in [3.63, 3.8) is 0 Å². The molecule has 0 saturated heterocycles. The molecule has 0 aliphatic heterocycles. The first-order valence-electron chi connectivity index (χ1n) is 7.73. The van der Waals surface area contributed by atoms with Crippen molar-refractivity contribution in [3.05, 3.63) is 29.8 Å². The lowest BCUT2D eigenvalue weighted by atomic mass is 10.1. The molecule has 0 bridgehead atoms. The molecule has 0 spiro atoms. The predicted octanol–water partition coefficient (Wildman–Crippen LogP) is 4.66. The van der Waals surface area contributed by atoms with E-state index in [0.29, 0.717) is 6.04 Å². The fourth-order valence-corrected chi connectivity index (χ4v) is 2.55. The molecule has 1 rings (SSSR count). The third-order valence-electron chi connectivity index (χ3n) is 3.33. The van der Waals surface area contributed by atoms with Gasteiger partial charge in [-0.15, -0.1) is 0 Å². The van der Waals surface area contributed by atoms with Crippen LogP contribution in [0.4, 0.5) is 0 Å². The topological polar surface area (TPSA) is 21.3 Å². The van der Waals surface area contributed by atoms with Gasteiger partial charge in [-0.25, -0.2) is 0 Å². The molecule has 0 radical (unpaired) electrons. The van der Waals surface area contributed by atoms with Gasteiger partial charge in [-0.1, -0.05) is 25.5 Å². The summed E-state index contributed by atoms with van der Waals surface area (Å²) in [4.78, 5) is 0. The second kappa shape index (κ2) is 11.0. The first-order chi connectivity index (χ1) is 9.77. The maximum absolute atomic E-state index is 5.60. The van der Waals surface area contributed by atoms with E-state index in [9.17, 15) is 0 Å². The van der Waals surface area contributed by atoms with Crippen molar-refractivity contribution in [3.8, 4) is 5.75 Å². The van der Waals surface area contributed by atoms with Crippen molar-refractivity contribution in [2.45, 2.75) is 45.6 Å². The molecule has 0 saturated carbocycles. The second-order valence-corrected chi connectivity index (χ2v) is 6.13. The summed E-state index contributed by atoms with van der Waals surface area (Å²) in [5.41, 5.74) is 1.33. The second-order valence-electron chi connectivity index (χ2n) is 5.15. The number of hydrogen-bond donors (Lipinski definition) is 1. The molecular weight excluding hydrogens is 266 g/mol. The fraction of sp³-hybridized carbons (Fsp3) is 0.647. The SMILES string of the molecule is CCCOc1ccc(C(C)NCCCCCSC)cc1. The lowest BCUT2D eigenvalue weighted by Gasteiger charge is -2.15. The molecule has 1 N–H and O–H groups in total. The first-order valence-corrected chi connectivity index (χ1v) is 9.12. The molecule has 2 nitrogen and oxygen atoms in total. The van der Waals surface area contributed by atoms with Crippen LogP contribution in [-0.2, 0) is 0 Å². The van der Waals surface area contributed by atoms with Crippen LogP contribution in [0.2, 0.25) is 0 Å². The fourth-order valence-electron chi connectivity index (χ4n) is 2.06. The first kappa shape index (κ1) is 17.4. The molecule has 1 unspecified atom stereocenters. The summed E-state index contributed by atoms with van der Waals surface area (Å²) in [6.07, 6.45) is 7.15. The van der Waals surface area contributed by atoms with E-state index in [1.807, 2.05) is 11.8 Å². The maximum atomic E-state index is 5.60. The highest BCUT2D eigenvalue weighted by Gasteiger charge is 2.04. The highest BCUT2D eigenvalue weighted by atomic mass is 32.2. The Morgan fingerprint density at radius 2 is 1.90 bits per heavy atom. The van der Waals surface area contributed by atoms with Gasteiger partial charge in [0, 0.05) is 6.04 Å². The molecule has 20 heavy (non-hydrogen) atoms. The lowest BCUT2D eigenvalue weighted by molar-refractivity contribution is 0.317. The minimum Gasteiger partial charge on any atom is -0.494 e. The van der Waals surface area contributed by atoms with E-state index in [-0.39, 0.29) is 0 Å². The summed E-state index contributed by atoms with van der Waals surface area (Å²) >= 11 is 1.94.